The van der Waals surface area contributed by atoms with Crippen LogP contribution in [0.1, 0.15) is 23.0 Å². The molecule has 1 aliphatic rings. The predicted molar refractivity (Wildman–Crippen MR) is 59.2 cm³/mol. The van der Waals surface area contributed by atoms with E-state index in [1.54, 1.807) is 6.07 Å². The molecule has 1 aromatic heterocycles. The number of carbonyl (C=O) groups is 1. The quantitative estimate of drug-likeness (QED) is 0.790. The molecule has 76 valence electrons. The lowest BCUT2D eigenvalue weighted by molar-refractivity contribution is 0.0918. The summed E-state index contributed by atoms with van der Waals surface area (Å²) in [5, 5.41) is 3.28. The van der Waals surface area contributed by atoms with Crippen molar-refractivity contribution in [3.05, 3.63) is 21.3 Å². The molecule has 2 atom stereocenters. The highest BCUT2D eigenvalue weighted by molar-refractivity contribution is 7.18. The largest absolute Gasteiger partial charge is 0.313 e. The summed E-state index contributed by atoms with van der Waals surface area (Å²) in [6.45, 7) is 3.00. The number of ketones is 1. The van der Waals surface area contributed by atoms with E-state index in [2.05, 4.69) is 12.2 Å². The first kappa shape index (κ1) is 10.1. The molecule has 0 saturated carbocycles. The highest BCUT2D eigenvalue weighted by Gasteiger charge is 2.30. The number of hydrogen-bond donors (Lipinski definition) is 1. The van der Waals surface area contributed by atoms with E-state index in [4.69, 9.17) is 11.6 Å². The van der Waals surface area contributed by atoms with E-state index in [0.29, 0.717) is 10.4 Å². The summed E-state index contributed by atoms with van der Waals surface area (Å²) in [6, 6.07) is 3.90. The van der Waals surface area contributed by atoms with Crippen LogP contribution in [0.2, 0.25) is 4.34 Å². The lowest BCUT2D eigenvalue weighted by atomic mass is 9.96. The van der Waals surface area contributed by atoms with Gasteiger partial charge >= 0.3 is 0 Å². The van der Waals surface area contributed by atoms with Crippen molar-refractivity contribution in [1.82, 2.24) is 5.32 Å². The number of nitrogens with one attached hydrogen (secondary N) is 1. The molecular weight excluding hydrogens is 218 g/mol. The average Bonchev–Trinajstić information content (AvgIpc) is 2.73. The SMILES string of the molecule is CC1NCCC1C(=O)c1ccc(Cl)s1. The molecule has 2 nitrogen and oxygen atoms in total. The van der Waals surface area contributed by atoms with Crippen molar-refractivity contribution < 1.29 is 4.79 Å². The van der Waals surface area contributed by atoms with Crippen molar-refractivity contribution in [2.75, 3.05) is 6.54 Å². The van der Waals surface area contributed by atoms with Crippen LogP contribution in [-0.2, 0) is 0 Å². The van der Waals surface area contributed by atoms with Gasteiger partial charge in [0.15, 0.2) is 5.78 Å². The summed E-state index contributed by atoms with van der Waals surface area (Å²) in [7, 11) is 0. The zero-order valence-corrected chi connectivity index (χ0v) is 9.49. The minimum Gasteiger partial charge on any atom is -0.313 e. The Morgan fingerprint density at radius 2 is 2.43 bits per heavy atom. The highest BCUT2D eigenvalue weighted by atomic mass is 35.5. The third-order valence-electron chi connectivity index (χ3n) is 2.68. The van der Waals surface area contributed by atoms with E-state index in [-0.39, 0.29) is 11.7 Å². The maximum atomic E-state index is 12.0. The van der Waals surface area contributed by atoms with Crippen molar-refractivity contribution >= 4 is 28.7 Å². The molecule has 0 amide bonds. The molecular formula is C10H12ClNOS. The average molecular weight is 230 g/mol. The first-order valence-electron chi connectivity index (χ1n) is 4.71. The van der Waals surface area contributed by atoms with E-state index in [9.17, 15) is 4.79 Å². The summed E-state index contributed by atoms with van der Waals surface area (Å²) < 4.78 is 0.687. The van der Waals surface area contributed by atoms with E-state index in [1.807, 2.05) is 6.07 Å². The number of rotatable bonds is 2. The monoisotopic (exact) mass is 229 g/mol. The van der Waals surface area contributed by atoms with Crippen LogP contribution in [0.5, 0.6) is 0 Å². The van der Waals surface area contributed by atoms with Gasteiger partial charge in [-0.1, -0.05) is 11.6 Å². The maximum Gasteiger partial charge on any atom is 0.177 e. The minimum atomic E-state index is 0.129. The Balaban J connectivity index is 2.15. The fourth-order valence-electron chi connectivity index (χ4n) is 1.85. The smallest absolute Gasteiger partial charge is 0.177 e. The van der Waals surface area contributed by atoms with Crippen molar-refractivity contribution in [3.8, 4) is 0 Å². The van der Waals surface area contributed by atoms with Crippen LogP contribution in [-0.4, -0.2) is 18.4 Å². The van der Waals surface area contributed by atoms with Gasteiger partial charge in [-0.3, -0.25) is 4.79 Å². The molecule has 0 bridgehead atoms. The third-order valence-corrected chi connectivity index (χ3v) is 3.92. The lowest BCUT2D eigenvalue weighted by Gasteiger charge is -2.11. The fourth-order valence-corrected chi connectivity index (χ4v) is 2.89. The first-order chi connectivity index (χ1) is 6.68. The van der Waals surface area contributed by atoms with Crippen molar-refractivity contribution in [1.29, 1.82) is 0 Å². The standard InChI is InChI=1S/C10H12ClNOS/c1-6-7(4-5-12-6)10(13)8-2-3-9(11)14-8/h2-3,6-7,12H,4-5H2,1H3. The molecule has 0 radical (unpaired) electrons. The van der Waals surface area contributed by atoms with Crippen LogP contribution in [0.25, 0.3) is 0 Å². The predicted octanol–water partition coefficient (Wildman–Crippen LogP) is 2.58. The van der Waals surface area contributed by atoms with Gasteiger partial charge in [0.2, 0.25) is 0 Å². The summed E-state index contributed by atoms with van der Waals surface area (Å²) >= 11 is 7.17. The van der Waals surface area contributed by atoms with Crippen LogP contribution >= 0.6 is 22.9 Å². The minimum absolute atomic E-state index is 0.129. The van der Waals surface area contributed by atoms with Gasteiger partial charge < -0.3 is 5.32 Å². The van der Waals surface area contributed by atoms with Crippen molar-refractivity contribution in [2.45, 2.75) is 19.4 Å². The Labute approximate surface area is 92.3 Å². The van der Waals surface area contributed by atoms with E-state index in [0.717, 1.165) is 17.8 Å². The Morgan fingerprint density at radius 3 is 2.93 bits per heavy atom. The molecule has 0 aliphatic carbocycles. The van der Waals surface area contributed by atoms with Gasteiger partial charge in [-0.05, 0) is 32.0 Å². The normalized spacial score (nSPS) is 26.7. The summed E-state index contributed by atoms with van der Waals surface area (Å²) in [5.74, 6) is 0.365. The van der Waals surface area contributed by atoms with Gasteiger partial charge in [-0.2, -0.15) is 0 Å². The van der Waals surface area contributed by atoms with Crippen LogP contribution in [0.4, 0.5) is 0 Å². The second kappa shape index (κ2) is 4.01. The number of thiophene rings is 1. The van der Waals surface area contributed by atoms with E-state index in [1.165, 1.54) is 11.3 Å². The van der Waals surface area contributed by atoms with Crippen LogP contribution in [0, 0.1) is 5.92 Å². The van der Waals surface area contributed by atoms with Crippen LogP contribution < -0.4 is 5.32 Å². The summed E-state index contributed by atoms with van der Waals surface area (Å²) in [6.07, 6.45) is 0.940. The zero-order valence-electron chi connectivity index (χ0n) is 7.92. The molecule has 14 heavy (non-hydrogen) atoms. The molecule has 0 aromatic carbocycles. The highest BCUT2D eigenvalue weighted by Crippen LogP contribution is 2.27. The second-order valence-electron chi connectivity index (χ2n) is 3.61. The molecule has 2 rings (SSSR count). The first-order valence-corrected chi connectivity index (χ1v) is 5.91. The van der Waals surface area contributed by atoms with Gasteiger partial charge in [0.25, 0.3) is 0 Å². The van der Waals surface area contributed by atoms with Gasteiger partial charge in [0.1, 0.15) is 0 Å². The number of carbonyl (C=O) groups excluding carboxylic acids is 1. The molecule has 1 fully saturated rings. The van der Waals surface area contributed by atoms with Crippen LogP contribution in [0.3, 0.4) is 0 Å². The van der Waals surface area contributed by atoms with Gasteiger partial charge in [0, 0.05) is 12.0 Å². The van der Waals surface area contributed by atoms with Crippen molar-refractivity contribution in [2.24, 2.45) is 5.92 Å². The molecule has 4 heteroatoms. The number of Topliss-reactive ketones (excluding diaryl/α,β-unsaturated/α-hetero) is 1. The molecule has 1 aromatic rings. The second-order valence-corrected chi connectivity index (χ2v) is 5.32. The molecule has 2 heterocycles. The molecule has 0 spiro atoms. The summed E-state index contributed by atoms with van der Waals surface area (Å²) in [4.78, 5) is 12.8. The molecule has 1 saturated heterocycles. The van der Waals surface area contributed by atoms with Crippen LogP contribution in [0.15, 0.2) is 12.1 Å². The lowest BCUT2D eigenvalue weighted by Crippen LogP contribution is -2.27. The maximum absolute atomic E-state index is 12.0. The molecule has 1 N–H and O–H groups in total. The van der Waals surface area contributed by atoms with Crippen molar-refractivity contribution in [3.63, 3.8) is 0 Å². The topological polar surface area (TPSA) is 29.1 Å². The van der Waals surface area contributed by atoms with Gasteiger partial charge in [0.05, 0.1) is 9.21 Å². The number of halogens is 1. The molecule has 1 aliphatic heterocycles. The number of hydrogen-bond acceptors (Lipinski definition) is 3. The molecule has 2 unspecified atom stereocenters. The Kier molecular flexibility index (Phi) is 2.91. The Hall–Kier alpha value is -0.380. The Bertz CT molecular complexity index is 350. The van der Waals surface area contributed by atoms with Gasteiger partial charge in [-0.25, -0.2) is 0 Å². The van der Waals surface area contributed by atoms with E-state index >= 15 is 0 Å². The third kappa shape index (κ3) is 1.85. The Morgan fingerprint density at radius 1 is 1.64 bits per heavy atom. The van der Waals surface area contributed by atoms with Gasteiger partial charge in [-0.15, -0.1) is 11.3 Å². The van der Waals surface area contributed by atoms with E-state index < -0.39 is 0 Å². The summed E-state index contributed by atoms with van der Waals surface area (Å²) in [5.41, 5.74) is 0. The zero-order chi connectivity index (χ0) is 10.1. The fraction of sp³-hybridized carbons (Fsp3) is 0.500.